The number of nitrogens with zero attached hydrogens (tertiary/aromatic N) is 5. The van der Waals surface area contributed by atoms with Crippen molar-refractivity contribution in [1.82, 2.24) is 29.7 Å². The van der Waals surface area contributed by atoms with E-state index < -0.39 is 11.3 Å². The maximum Gasteiger partial charge on any atom is 0.439 e. The van der Waals surface area contributed by atoms with Crippen LogP contribution in [-0.4, -0.2) is 41.4 Å². The van der Waals surface area contributed by atoms with Crippen LogP contribution in [0.1, 0.15) is 45.1 Å². The van der Waals surface area contributed by atoms with E-state index in [0.29, 0.717) is 34.8 Å². The van der Waals surface area contributed by atoms with Crippen molar-refractivity contribution in [2.24, 2.45) is 11.8 Å². The van der Waals surface area contributed by atoms with Crippen LogP contribution in [0.3, 0.4) is 0 Å². The number of fused-ring (bicyclic) bond motifs is 1. The number of H-pyrrole nitrogens is 1. The minimum absolute atomic E-state index is 0.106. The summed E-state index contributed by atoms with van der Waals surface area (Å²) < 4.78 is 6.87. The smallest absolute Gasteiger partial charge is 0.394 e. The van der Waals surface area contributed by atoms with Gasteiger partial charge >= 0.3 is 5.76 Å². The number of halogens is 1. The Hall–Kier alpha value is -4.02. The first kappa shape index (κ1) is 27.2. The molecule has 3 heterocycles. The molecular weight excluding hydrogens is 542 g/mol. The van der Waals surface area contributed by atoms with Gasteiger partial charge in [0.25, 0.3) is 0 Å². The quantitative estimate of drug-likeness (QED) is 0.217. The predicted octanol–water partition coefficient (Wildman–Crippen LogP) is 5.64. The Bertz CT molecular complexity index is 1720. The van der Waals surface area contributed by atoms with Gasteiger partial charge in [0, 0.05) is 17.1 Å². The second-order valence-electron chi connectivity index (χ2n) is 11.2. The van der Waals surface area contributed by atoms with Crippen LogP contribution in [0.4, 0.5) is 5.95 Å². The van der Waals surface area contributed by atoms with E-state index in [1.54, 1.807) is 6.07 Å². The van der Waals surface area contributed by atoms with Gasteiger partial charge in [-0.3, -0.25) is 9.51 Å². The Kier molecular flexibility index (Phi) is 7.35. The fraction of sp³-hybridized carbons (Fsp3) is 0.367. The third-order valence-corrected chi connectivity index (χ3v) is 8.28. The number of aromatic nitrogens is 6. The molecule has 1 aliphatic rings. The van der Waals surface area contributed by atoms with Crippen molar-refractivity contribution in [3.05, 3.63) is 75.7 Å². The minimum atomic E-state index is -0.814. The van der Waals surface area contributed by atoms with Gasteiger partial charge in [-0.15, -0.1) is 0 Å². The maximum atomic E-state index is 11.7. The number of aliphatic hydroxyl groups is 1. The Balaban J connectivity index is 1.57. The number of hydrogen-bond donors (Lipinski definition) is 3. The summed E-state index contributed by atoms with van der Waals surface area (Å²) in [4.78, 5) is 28.8. The zero-order valence-electron chi connectivity index (χ0n) is 23.0. The van der Waals surface area contributed by atoms with E-state index in [9.17, 15) is 9.90 Å². The van der Waals surface area contributed by atoms with Crippen LogP contribution in [0.5, 0.6) is 0 Å². The molecule has 1 aliphatic carbocycles. The van der Waals surface area contributed by atoms with Crippen LogP contribution < -0.4 is 11.1 Å². The van der Waals surface area contributed by atoms with Crippen molar-refractivity contribution in [3.63, 3.8) is 0 Å². The number of aliphatic hydroxyl groups excluding tert-OH is 1. The molecule has 0 amide bonds. The Morgan fingerprint density at radius 3 is 2.56 bits per heavy atom. The summed E-state index contributed by atoms with van der Waals surface area (Å²) in [6, 6.07) is 17.2. The van der Waals surface area contributed by atoms with Gasteiger partial charge in [-0.05, 0) is 49.3 Å². The highest BCUT2D eigenvalue weighted by Crippen LogP contribution is 2.37. The number of anilines is 1. The van der Waals surface area contributed by atoms with E-state index in [4.69, 9.17) is 31.1 Å². The molecule has 10 nitrogen and oxygen atoms in total. The molecule has 0 radical (unpaired) electrons. The van der Waals surface area contributed by atoms with Crippen molar-refractivity contribution < 1.29 is 9.63 Å². The van der Waals surface area contributed by atoms with Crippen molar-refractivity contribution in [2.45, 2.75) is 51.6 Å². The average Bonchev–Trinajstić information content (AvgIpc) is 3.57. The van der Waals surface area contributed by atoms with E-state index >= 15 is 0 Å². The summed E-state index contributed by atoms with van der Waals surface area (Å²) in [5, 5.41) is 18.5. The topological polar surface area (TPSA) is 135 Å². The van der Waals surface area contributed by atoms with E-state index in [1.165, 1.54) is 12.8 Å². The molecule has 3 aromatic heterocycles. The van der Waals surface area contributed by atoms with Gasteiger partial charge in [-0.2, -0.15) is 4.98 Å². The maximum absolute atomic E-state index is 11.7. The number of rotatable bonds is 8. The van der Waals surface area contributed by atoms with Crippen LogP contribution in [0.2, 0.25) is 5.02 Å². The predicted molar refractivity (Wildman–Crippen MR) is 158 cm³/mol. The highest BCUT2D eigenvalue weighted by Gasteiger charge is 2.31. The lowest BCUT2D eigenvalue weighted by atomic mass is 9.83. The Labute approximate surface area is 241 Å². The average molecular weight is 574 g/mol. The summed E-state index contributed by atoms with van der Waals surface area (Å²) in [6.45, 7) is 4.81. The van der Waals surface area contributed by atoms with E-state index in [2.05, 4.69) is 26.9 Å². The first-order valence-electron chi connectivity index (χ1n) is 13.9. The molecule has 3 N–H and O–H groups in total. The Morgan fingerprint density at radius 2 is 1.88 bits per heavy atom. The molecule has 212 valence electrons. The molecule has 1 atom stereocenters. The molecule has 6 rings (SSSR count). The minimum Gasteiger partial charge on any atom is -0.394 e. The first-order chi connectivity index (χ1) is 19.8. The number of aromatic amines is 1. The van der Waals surface area contributed by atoms with Gasteiger partial charge in [0.15, 0.2) is 5.65 Å². The largest absolute Gasteiger partial charge is 0.439 e. The standard InChI is InChI=1S/C30H32ClN7O3/c1-18-11-13-19(14-12-18)16-38-24-23(20-7-6-10-22(31)15-20)32-26(27-35-29(40)41-37-27)33-25(24)34-28(38)36-30(2,17-39)21-8-4-3-5-9-21/h3-10,15,18-19,39H,11-14,16-17H2,1-2H3,(H,35,37,40)(H,32,33,34,36)/t18?,19?,30-/m1/s1. The second kappa shape index (κ2) is 11.1. The van der Waals surface area contributed by atoms with Crippen LogP contribution >= 0.6 is 11.6 Å². The van der Waals surface area contributed by atoms with Gasteiger partial charge in [0.2, 0.25) is 17.6 Å². The lowest BCUT2D eigenvalue weighted by molar-refractivity contribution is 0.222. The fourth-order valence-electron chi connectivity index (χ4n) is 5.60. The number of nitrogens with one attached hydrogen (secondary N) is 2. The van der Waals surface area contributed by atoms with Crippen LogP contribution in [0.15, 0.2) is 63.9 Å². The second-order valence-corrected chi connectivity index (χ2v) is 11.6. The molecule has 11 heteroatoms. The summed E-state index contributed by atoms with van der Waals surface area (Å²) in [5.74, 6) is 1.32. The Morgan fingerprint density at radius 1 is 1.10 bits per heavy atom. The SMILES string of the molecule is CC1CCC(Cn2c(N[C@](C)(CO)c3ccccc3)nc3nc(-c4noc(=O)[nH]4)nc(-c4cccc(Cl)c4)c32)CC1. The zero-order valence-corrected chi connectivity index (χ0v) is 23.7. The molecule has 5 aromatic rings. The third-order valence-electron chi connectivity index (χ3n) is 8.04. The monoisotopic (exact) mass is 573 g/mol. The van der Waals surface area contributed by atoms with Gasteiger partial charge < -0.3 is 15.0 Å². The molecule has 1 fully saturated rings. The summed E-state index contributed by atoms with van der Waals surface area (Å²) in [6.07, 6.45) is 4.59. The molecule has 0 bridgehead atoms. The lowest BCUT2D eigenvalue weighted by Crippen LogP contribution is -2.37. The number of hydrogen-bond acceptors (Lipinski definition) is 8. The van der Waals surface area contributed by atoms with Crippen LogP contribution in [0, 0.1) is 11.8 Å². The highest BCUT2D eigenvalue weighted by atomic mass is 35.5. The molecule has 0 saturated heterocycles. The van der Waals surface area contributed by atoms with E-state index in [0.717, 1.165) is 35.4 Å². The molecular formula is C30H32ClN7O3. The highest BCUT2D eigenvalue weighted by molar-refractivity contribution is 6.30. The summed E-state index contributed by atoms with van der Waals surface area (Å²) in [7, 11) is 0. The van der Waals surface area contributed by atoms with Crippen molar-refractivity contribution in [1.29, 1.82) is 0 Å². The molecule has 1 saturated carbocycles. The fourth-order valence-corrected chi connectivity index (χ4v) is 5.79. The van der Waals surface area contributed by atoms with E-state index in [1.807, 2.05) is 55.5 Å². The normalized spacial score (nSPS) is 18.8. The molecule has 0 unspecified atom stereocenters. The molecule has 0 aliphatic heterocycles. The zero-order chi connectivity index (χ0) is 28.6. The number of imidazole rings is 1. The van der Waals surface area contributed by atoms with Gasteiger partial charge in [0.1, 0.15) is 11.2 Å². The van der Waals surface area contributed by atoms with Crippen molar-refractivity contribution in [2.75, 3.05) is 11.9 Å². The lowest BCUT2D eigenvalue weighted by Gasteiger charge is -2.31. The summed E-state index contributed by atoms with van der Waals surface area (Å²) >= 11 is 6.41. The molecule has 41 heavy (non-hydrogen) atoms. The van der Waals surface area contributed by atoms with Gasteiger partial charge in [0.05, 0.1) is 12.1 Å². The molecule has 0 spiro atoms. The third kappa shape index (κ3) is 5.49. The first-order valence-corrected chi connectivity index (χ1v) is 14.3. The van der Waals surface area contributed by atoms with Gasteiger partial charge in [-0.1, -0.05) is 79.0 Å². The molecule has 2 aromatic carbocycles. The van der Waals surface area contributed by atoms with Crippen LogP contribution in [-0.2, 0) is 12.1 Å². The van der Waals surface area contributed by atoms with Crippen LogP contribution in [0.25, 0.3) is 34.1 Å². The van der Waals surface area contributed by atoms with Gasteiger partial charge in [-0.25, -0.2) is 14.8 Å². The number of benzene rings is 2. The van der Waals surface area contributed by atoms with Crippen molar-refractivity contribution in [3.8, 4) is 22.9 Å². The summed E-state index contributed by atoms with van der Waals surface area (Å²) in [5.41, 5.74) is 2.65. The van der Waals surface area contributed by atoms with E-state index in [-0.39, 0.29) is 18.3 Å². The van der Waals surface area contributed by atoms with Crippen molar-refractivity contribution >= 4 is 28.7 Å².